The molecule has 0 saturated heterocycles. The van der Waals surface area contributed by atoms with Gasteiger partial charge >= 0.3 is 0 Å². The van der Waals surface area contributed by atoms with E-state index in [4.69, 9.17) is 9.41 Å². The van der Waals surface area contributed by atoms with Crippen LogP contribution in [0.1, 0.15) is 29.2 Å². The number of hydrogen-bond acceptors (Lipinski definition) is 6. The molecule has 6 heteroatoms. The summed E-state index contributed by atoms with van der Waals surface area (Å²) in [4.78, 5) is 4.74. The van der Waals surface area contributed by atoms with Crippen LogP contribution in [0.5, 0.6) is 0 Å². The lowest BCUT2D eigenvalue weighted by Crippen LogP contribution is -1.99. The maximum absolute atomic E-state index is 5.88. The largest absolute Gasteiger partial charge is 0.419 e. The highest BCUT2D eigenvalue weighted by atomic mass is 32.2. The molecule has 126 valence electrons. The minimum Gasteiger partial charge on any atom is -0.419 e. The van der Waals surface area contributed by atoms with Gasteiger partial charge in [-0.1, -0.05) is 59.4 Å². The Hall–Kier alpha value is -2.05. The third-order valence-corrected chi connectivity index (χ3v) is 6.20. The maximum atomic E-state index is 5.88. The number of aryl methyl sites for hydroxylation is 1. The van der Waals surface area contributed by atoms with Crippen LogP contribution >= 0.6 is 23.5 Å². The summed E-state index contributed by atoms with van der Waals surface area (Å²) in [7, 11) is 0. The van der Waals surface area contributed by atoms with Crippen molar-refractivity contribution in [1.29, 1.82) is 0 Å². The number of rotatable bonds is 3. The monoisotopic (exact) mass is 367 g/mol. The summed E-state index contributed by atoms with van der Waals surface area (Å²) in [6, 6.07) is 16.4. The van der Waals surface area contributed by atoms with Gasteiger partial charge in [-0.3, -0.25) is 0 Å². The molecule has 4 rings (SSSR count). The lowest BCUT2D eigenvalue weighted by Gasteiger charge is -2.15. The average molecular weight is 367 g/mol. The fourth-order valence-electron chi connectivity index (χ4n) is 2.49. The summed E-state index contributed by atoms with van der Waals surface area (Å²) in [5, 5.41) is 8.47. The van der Waals surface area contributed by atoms with E-state index in [9.17, 15) is 0 Å². The molecule has 1 aromatic heterocycles. The minimum absolute atomic E-state index is 0.0585. The molecular formula is C19H17N3OS2. The number of aliphatic imine (C=N–C) groups is 1. The fourth-order valence-corrected chi connectivity index (χ4v) is 4.70. The second kappa shape index (κ2) is 7.06. The van der Waals surface area contributed by atoms with Gasteiger partial charge in [0, 0.05) is 11.3 Å². The van der Waals surface area contributed by atoms with Gasteiger partial charge < -0.3 is 4.42 Å². The van der Waals surface area contributed by atoms with Crippen molar-refractivity contribution in [2.45, 2.75) is 24.9 Å². The van der Waals surface area contributed by atoms with Crippen molar-refractivity contribution in [3.63, 3.8) is 0 Å². The Balaban J connectivity index is 1.50. The van der Waals surface area contributed by atoms with Gasteiger partial charge in [0.05, 0.1) is 10.9 Å². The van der Waals surface area contributed by atoms with E-state index in [1.165, 1.54) is 11.1 Å². The summed E-state index contributed by atoms with van der Waals surface area (Å²) in [6.07, 6.45) is 0. The summed E-state index contributed by atoms with van der Waals surface area (Å²) < 4.78 is 6.92. The highest BCUT2D eigenvalue weighted by Crippen LogP contribution is 2.40. The van der Waals surface area contributed by atoms with Gasteiger partial charge in [0.2, 0.25) is 11.8 Å². The Labute approximate surface area is 155 Å². The van der Waals surface area contributed by atoms with Crippen LogP contribution in [-0.4, -0.2) is 14.6 Å². The van der Waals surface area contributed by atoms with Crippen LogP contribution in [0, 0.1) is 6.92 Å². The zero-order valence-electron chi connectivity index (χ0n) is 14.0. The van der Waals surface area contributed by atoms with Crippen molar-refractivity contribution >= 4 is 33.6 Å². The maximum Gasteiger partial charge on any atom is 0.247 e. The molecule has 1 aliphatic heterocycles. The lowest BCUT2D eigenvalue weighted by atomic mass is 10.1. The topological polar surface area (TPSA) is 51.3 Å². The van der Waals surface area contributed by atoms with E-state index in [-0.39, 0.29) is 5.25 Å². The van der Waals surface area contributed by atoms with Crippen molar-refractivity contribution in [2.75, 3.05) is 0 Å². The van der Waals surface area contributed by atoms with E-state index < -0.39 is 0 Å². The van der Waals surface area contributed by atoms with Gasteiger partial charge in [-0.15, -0.1) is 10.2 Å². The molecule has 2 heterocycles. The molecule has 0 bridgehead atoms. The van der Waals surface area contributed by atoms with Crippen molar-refractivity contribution < 1.29 is 4.42 Å². The van der Waals surface area contributed by atoms with Crippen LogP contribution in [0.3, 0.4) is 0 Å². The summed E-state index contributed by atoms with van der Waals surface area (Å²) in [5.41, 5.74) is 4.49. The molecule has 0 radical (unpaired) electrons. The molecule has 3 aromatic rings. The molecule has 1 atom stereocenters. The van der Waals surface area contributed by atoms with Crippen LogP contribution in [-0.2, 0) is 5.75 Å². The minimum atomic E-state index is 0.0585. The average Bonchev–Trinajstić information content (AvgIpc) is 3.12. The number of hydrogen-bond donors (Lipinski definition) is 0. The van der Waals surface area contributed by atoms with Crippen LogP contribution < -0.4 is 0 Å². The second-order valence-electron chi connectivity index (χ2n) is 5.87. The van der Waals surface area contributed by atoms with Crippen molar-refractivity contribution in [1.82, 2.24) is 10.2 Å². The van der Waals surface area contributed by atoms with E-state index in [2.05, 4.69) is 42.2 Å². The first kappa shape index (κ1) is 16.4. The standard InChI is InChI=1S/C19H17N3OS2/c1-12-7-9-14(10-8-12)18-22-21-17(23-18)13(2)25-19-20-16-6-4-3-5-15(16)11-24-19/h3-10,13H,11H2,1-2H3. The Morgan fingerprint density at radius 3 is 2.72 bits per heavy atom. The normalized spacial score (nSPS) is 14.7. The summed E-state index contributed by atoms with van der Waals surface area (Å²) in [6.45, 7) is 4.13. The molecule has 0 N–H and O–H groups in total. The first-order valence-electron chi connectivity index (χ1n) is 8.05. The predicted octanol–water partition coefficient (Wildman–Crippen LogP) is 5.77. The van der Waals surface area contributed by atoms with Crippen molar-refractivity contribution in [3.8, 4) is 11.5 Å². The smallest absolute Gasteiger partial charge is 0.247 e. The predicted molar refractivity (Wildman–Crippen MR) is 105 cm³/mol. The van der Waals surface area contributed by atoms with Gasteiger partial charge in [0.25, 0.3) is 0 Å². The molecule has 0 aliphatic carbocycles. The molecule has 1 unspecified atom stereocenters. The highest BCUT2D eigenvalue weighted by Gasteiger charge is 2.20. The number of benzene rings is 2. The lowest BCUT2D eigenvalue weighted by molar-refractivity contribution is 0.510. The second-order valence-corrected chi connectivity index (χ2v) is 8.42. The molecule has 0 spiro atoms. The van der Waals surface area contributed by atoms with E-state index in [0.717, 1.165) is 21.4 Å². The van der Waals surface area contributed by atoms with E-state index in [1.807, 2.05) is 30.3 Å². The van der Waals surface area contributed by atoms with Crippen molar-refractivity contribution in [2.24, 2.45) is 4.99 Å². The number of thioether (sulfide) groups is 2. The first-order chi connectivity index (χ1) is 12.2. The summed E-state index contributed by atoms with van der Waals surface area (Å²) >= 11 is 3.42. The molecule has 1 aliphatic rings. The first-order valence-corrected chi connectivity index (χ1v) is 9.92. The van der Waals surface area contributed by atoms with Gasteiger partial charge in [0.1, 0.15) is 4.38 Å². The number of fused-ring (bicyclic) bond motifs is 1. The molecule has 0 fully saturated rings. The molecule has 4 nitrogen and oxygen atoms in total. The molecule has 2 aromatic carbocycles. The van der Waals surface area contributed by atoms with Crippen LogP contribution in [0.4, 0.5) is 5.69 Å². The fraction of sp³-hybridized carbons (Fsp3) is 0.211. The number of para-hydroxylation sites is 1. The van der Waals surface area contributed by atoms with Crippen LogP contribution in [0.2, 0.25) is 0 Å². The number of nitrogens with zero attached hydrogens (tertiary/aromatic N) is 3. The third kappa shape index (κ3) is 3.65. The zero-order chi connectivity index (χ0) is 17.2. The quantitative estimate of drug-likeness (QED) is 0.588. The van der Waals surface area contributed by atoms with Crippen LogP contribution in [0.15, 0.2) is 57.9 Å². The highest BCUT2D eigenvalue weighted by molar-refractivity contribution is 8.38. The van der Waals surface area contributed by atoms with E-state index in [0.29, 0.717) is 11.8 Å². The van der Waals surface area contributed by atoms with Gasteiger partial charge in [-0.25, -0.2) is 4.99 Å². The number of aromatic nitrogens is 2. The van der Waals surface area contributed by atoms with Gasteiger partial charge in [-0.2, -0.15) is 0 Å². The molecule has 0 saturated carbocycles. The molecule has 0 amide bonds. The molecular weight excluding hydrogens is 350 g/mol. The molecule has 25 heavy (non-hydrogen) atoms. The summed E-state index contributed by atoms with van der Waals surface area (Å²) in [5.74, 6) is 2.14. The Bertz CT molecular complexity index is 918. The van der Waals surface area contributed by atoms with Gasteiger partial charge in [0.15, 0.2) is 0 Å². The zero-order valence-corrected chi connectivity index (χ0v) is 15.6. The Morgan fingerprint density at radius 1 is 1.08 bits per heavy atom. The Morgan fingerprint density at radius 2 is 1.88 bits per heavy atom. The van der Waals surface area contributed by atoms with Gasteiger partial charge in [-0.05, 0) is 37.6 Å². The van der Waals surface area contributed by atoms with Crippen LogP contribution in [0.25, 0.3) is 11.5 Å². The third-order valence-electron chi connectivity index (χ3n) is 3.92. The Kier molecular flexibility index (Phi) is 4.63. The van der Waals surface area contributed by atoms with Crippen molar-refractivity contribution in [3.05, 3.63) is 65.5 Å². The van der Waals surface area contributed by atoms with E-state index in [1.54, 1.807) is 23.5 Å². The SMILES string of the molecule is Cc1ccc(-c2nnc(C(C)SC3=Nc4ccccc4CS3)o2)cc1. The van der Waals surface area contributed by atoms with E-state index >= 15 is 0 Å².